The number of amides is 1. The Hall–Kier alpha value is -2.64. The second kappa shape index (κ2) is 9.71. The molecule has 8 heteroatoms. The van der Waals surface area contributed by atoms with Crippen molar-refractivity contribution in [1.29, 1.82) is 0 Å². The molecule has 1 aliphatic rings. The second-order valence-electron chi connectivity index (χ2n) is 6.61. The molecule has 1 aliphatic heterocycles. The fraction of sp³-hybridized carbons (Fsp3) is 0.238. The summed E-state index contributed by atoms with van der Waals surface area (Å²) in [5, 5.41) is 3.24. The van der Waals surface area contributed by atoms with Crippen molar-refractivity contribution < 1.29 is 13.2 Å². The lowest BCUT2D eigenvalue weighted by Gasteiger charge is -2.10. The van der Waals surface area contributed by atoms with E-state index in [4.69, 9.17) is 11.6 Å². The first kappa shape index (κ1) is 21.1. The average Bonchev–Trinajstić information content (AvgIpc) is 2.96. The molecule has 0 aromatic heterocycles. The van der Waals surface area contributed by atoms with Gasteiger partial charge in [-0.15, -0.1) is 0 Å². The summed E-state index contributed by atoms with van der Waals surface area (Å²) >= 11 is 6.05. The standard InChI is InChI=1S/C21H22ClN3O3S/c22-19-7-4-3-6-16(19)9-14-21(26)24-17-10-12-18(13-11-17)29(27,28)25-20-8-2-1-5-15-23-20/h3-4,6-7,9-14H,1-2,5,8,15H2,(H,23,25)(H,24,26)/b14-9+. The number of amidine groups is 1. The summed E-state index contributed by atoms with van der Waals surface area (Å²) in [6.07, 6.45) is 6.57. The van der Waals surface area contributed by atoms with E-state index in [-0.39, 0.29) is 10.8 Å². The van der Waals surface area contributed by atoms with Crippen LogP contribution in [0.2, 0.25) is 5.02 Å². The molecule has 29 heavy (non-hydrogen) atoms. The van der Waals surface area contributed by atoms with Gasteiger partial charge in [0.05, 0.1) is 4.90 Å². The van der Waals surface area contributed by atoms with Crippen molar-refractivity contribution in [2.45, 2.75) is 30.6 Å². The molecule has 2 N–H and O–H groups in total. The fourth-order valence-corrected chi connectivity index (χ4v) is 4.14. The summed E-state index contributed by atoms with van der Waals surface area (Å²) < 4.78 is 27.6. The molecule has 0 saturated heterocycles. The van der Waals surface area contributed by atoms with Crippen LogP contribution in [-0.2, 0) is 14.8 Å². The van der Waals surface area contributed by atoms with Gasteiger partial charge in [0, 0.05) is 29.8 Å². The van der Waals surface area contributed by atoms with Crippen LogP contribution in [0.3, 0.4) is 0 Å². The lowest BCUT2D eigenvalue weighted by atomic mass is 10.2. The van der Waals surface area contributed by atoms with Gasteiger partial charge in [-0.1, -0.05) is 36.2 Å². The van der Waals surface area contributed by atoms with Gasteiger partial charge in [0.1, 0.15) is 5.84 Å². The number of hydrogen-bond donors (Lipinski definition) is 2. The van der Waals surface area contributed by atoms with E-state index in [2.05, 4.69) is 15.0 Å². The van der Waals surface area contributed by atoms with E-state index in [1.54, 1.807) is 30.3 Å². The number of hydrogen-bond acceptors (Lipinski definition) is 4. The third-order valence-corrected chi connectivity index (χ3v) is 6.12. The Bertz CT molecular complexity index is 1030. The van der Waals surface area contributed by atoms with E-state index >= 15 is 0 Å². The Morgan fingerprint density at radius 3 is 2.55 bits per heavy atom. The van der Waals surface area contributed by atoms with Gasteiger partial charge in [0.15, 0.2) is 0 Å². The predicted octanol–water partition coefficient (Wildman–Crippen LogP) is 4.24. The number of halogens is 1. The summed E-state index contributed by atoms with van der Waals surface area (Å²) in [5.74, 6) is 0.163. The molecule has 6 nitrogen and oxygen atoms in total. The third kappa shape index (κ3) is 6.17. The summed E-state index contributed by atoms with van der Waals surface area (Å²) in [4.78, 5) is 16.5. The molecular weight excluding hydrogens is 410 g/mol. The number of nitrogens with one attached hydrogen (secondary N) is 2. The predicted molar refractivity (Wildman–Crippen MR) is 117 cm³/mol. The molecule has 0 aliphatic carbocycles. The van der Waals surface area contributed by atoms with E-state index < -0.39 is 10.0 Å². The minimum atomic E-state index is -3.69. The number of nitrogens with zero attached hydrogens (tertiary/aromatic N) is 1. The molecule has 0 atom stereocenters. The van der Waals surface area contributed by atoms with Crippen LogP contribution in [0.4, 0.5) is 5.69 Å². The topological polar surface area (TPSA) is 87.6 Å². The second-order valence-corrected chi connectivity index (χ2v) is 8.70. The lowest BCUT2D eigenvalue weighted by molar-refractivity contribution is -0.111. The van der Waals surface area contributed by atoms with Gasteiger partial charge in [0.2, 0.25) is 5.91 Å². The summed E-state index contributed by atoms with van der Waals surface area (Å²) in [6.45, 7) is 0.643. The van der Waals surface area contributed by atoms with Gasteiger partial charge < -0.3 is 5.32 Å². The van der Waals surface area contributed by atoms with Crippen LogP contribution in [0.5, 0.6) is 0 Å². The molecule has 0 saturated carbocycles. The van der Waals surface area contributed by atoms with E-state index in [0.29, 0.717) is 29.5 Å². The van der Waals surface area contributed by atoms with Crippen molar-refractivity contribution in [1.82, 2.24) is 4.72 Å². The van der Waals surface area contributed by atoms with Gasteiger partial charge in [-0.25, -0.2) is 8.42 Å². The molecule has 0 spiro atoms. The van der Waals surface area contributed by atoms with Crippen LogP contribution in [0.15, 0.2) is 64.5 Å². The zero-order chi connectivity index (χ0) is 20.7. The Balaban J connectivity index is 1.62. The molecule has 2 aromatic carbocycles. The molecule has 3 rings (SSSR count). The summed E-state index contributed by atoms with van der Waals surface area (Å²) in [7, 11) is -3.69. The number of anilines is 1. The highest BCUT2D eigenvalue weighted by Gasteiger charge is 2.17. The van der Waals surface area contributed by atoms with Crippen molar-refractivity contribution in [3.05, 3.63) is 65.2 Å². The molecule has 0 bridgehead atoms. The van der Waals surface area contributed by atoms with E-state index in [1.165, 1.54) is 18.2 Å². The largest absolute Gasteiger partial charge is 0.323 e. The van der Waals surface area contributed by atoms with Crippen molar-refractivity contribution in [2.75, 3.05) is 11.9 Å². The number of benzene rings is 2. The molecule has 1 amide bonds. The molecule has 2 aromatic rings. The molecular formula is C21H22ClN3O3S. The van der Waals surface area contributed by atoms with Crippen molar-refractivity contribution in [2.24, 2.45) is 4.99 Å². The first-order chi connectivity index (χ1) is 13.9. The quantitative estimate of drug-likeness (QED) is 0.694. The number of carbonyl (C=O) groups excluding carboxylic acids is 1. The fourth-order valence-electron chi connectivity index (χ4n) is 2.85. The Morgan fingerprint density at radius 1 is 1.03 bits per heavy atom. The SMILES string of the molecule is O=C(/C=C/c1ccccc1Cl)Nc1ccc(S(=O)(=O)NC2=NCCCCC2)cc1. The molecule has 0 unspecified atom stereocenters. The van der Waals surface area contributed by atoms with Crippen LogP contribution in [0, 0.1) is 0 Å². The minimum absolute atomic E-state index is 0.119. The number of carbonyl (C=O) groups is 1. The zero-order valence-corrected chi connectivity index (χ0v) is 17.3. The van der Waals surface area contributed by atoms with Gasteiger partial charge in [-0.05, 0) is 54.8 Å². The van der Waals surface area contributed by atoms with Crippen molar-refractivity contribution in [3.8, 4) is 0 Å². The molecule has 0 fully saturated rings. The highest BCUT2D eigenvalue weighted by Crippen LogP contribution is 2.17. The monoisotopic (exact) mass is 431 g/mol. The first-order valence-electron chi connectivity index (χ1n) is 9.34. The highest BCUT2D eigenvalue weighted by atomic mass is 35.5. The summed E-state index contributed by atoms with van der Waals surface area (Å²) in [6, 6.07) is 13.2. The number of rotatable bonds is 5. The average molecular weight is 432 g/mol. The third-order valence-electron chi connectivity index (χ3n) is 4.38. The maximum Gasteiger partial charge on any atom is 0.262 e. The van der Waals surface area contributed by atoms with Gasteiger partial charge in [-0.2, -0.15) is 0 Å². The van der Waals surface area contributed by atoms with Gasteiger partial charge in [-0.3, -0.25) is 14.5 Å². The Labute approximate surface area is 175 Å². The Kier molecular flexibility index (Phi) is 7.06. The van der Waals surface area contributed by atoms with Crippen LogP contribution in [0.1, 0.15) is 31.2 Å². The van der Waals surface area contributed by atoms with Crippen LogP contribution in [-0.4, -0.2) is 26.7 Å². The zero-order valence-electron chi connectivity index (χ0n) is 15.8. The van der Waals surface area contributed by atoms with E-state index in [9.17, 15) is 13.2 Å². The van der Waals surface area contributed by atoms with E-state index in [0.717, 1.165) is 24.8 Å². The summed E-state index contributed by atoms with van der Waals surface area (Å²) in [5.41, 5.74) is 1.22. The van der Waals surface area contributed by atoms with Crippen molar-refractivity contribution in [3.63, 3.8) is 0 Å². The molecule has 1 heterocycles. The van der Waals surface area contributed by atoms with Crippen molar-refractivity contribution >= 4 is 45.1 Å². The van der Waals surface area contributed by atoms with E-state index in [1.807, 2.05) is 12.1 Å². The van der Waals surface area contributed by atoms with Gasteiger partial charge >= 0.3 is 0 Å². The van der Waals surface area contributed by atoms with Crippen LogP contribution < -0.4 is 10.0 Å². The highest BCUT2D eigenvalue weighted by molar-refractivity contribution is 7.90. The smallest absolute Gasteiger partial charge is 0.262 e. The van der Waals surface area contributed by atoms with Crippen LogP contribution in [0.25, 0.3) is 6.08 Å². The normalized spacial score (nSPS) is 14.9. The number of aliphatic imine (C=N–C) groups is 1. The van der Waals surface area contributed by atoms with Crippen LogP contribution >= 0.6 is 11.6 Å². The Morgan fingerprint density at radius 2 is 1.79 bits per heavy atom. The molecule has 152 valence electrons. The maximum absolute atomic E-state index is 12.5. The maximum atomic E-state index is 12.5. The first-order valence-corrected chi connectivity index (χ1v) is 11.2. The molecule has 0 radical (unpaired) electrons. The number of sulfonamides is 1. The minimum Gasteiger partial charge on any atom is -0.323 e. The lowest BCUT2D eigenvalue weighted by Crippen LogP contribution is -2.30. The van der Waals surface area contributed by atoms with Gasteiger partial charge in [0.25, 0.3) is 10.0 Å².